The zero-order valence-corrected chi connectivity index (χ0v) is 9.71. The van der Waals surface area contributed by atoms with Crippen LogP contribution in [0.3, 0.4) is 0 Å². The lowest BCUT2D eigenvalue weighted by atomic mass is 10.1. The van der Waals surface area contributed by atoms with E-state index < -0.39 is 17.7 Å². The number of hydrogen-bond donors (Lipinski definition) is 0. The van der Waals surface area contributed by atoms with Gasteiger partial charge in [0.15, 0.2) is 5.92 Å². The summed E-state index contributed by atoms with van der Waals surface area (Å²) >= 11 is 1.18. The molecular formula is C10H10N2O3S. The molecule has 1 rings (SSSR count). The molecule has 0 aromatic carbocycles. The Morgan fingerprint density at radius 2 is 2.38 bits per heavy atom. The number of nitriles is 1. The molecule has 0 aliphatic rings. The molecule has 0 spiro atoms. The molecule has 0 radical (unpaired) electrons. The fraction of sp³-hybridized carbons (Fsp3) is 0.400. The Bertz CT molecular complexity index is 447. The number of carbonyl (C=O) groups is 2. The molecule has 0 N–H and O–H groups in total. The predicted octanol–water partition coefficient (Wildman–Crippen LogP) is 1.19. The van der Waals surface area contributed by atoms with Crippen molar-refractivity contribution < 1.29 is 14.3 Å². The minimum Gasteiger partial charge on any atom is -0.460 e. The fourth-order valence-electron chi connectivity index (χ4n) is 1.05. The second-order valence-corrected chi connectivity index (χ2v) is 3.86. The van der Waals surface area contributed by atoms with Crippen LogP contribution in [0.2, 0.25) is 0 Å². The van der Waals surface area contributed by atoms with Crippen LogP contribution in [0, 0.1) is 18.3 Å². The summed E-state index contributed by atoms with van der Waals surface area (Å²) in [6.07, 6.45) is 0. The van der Waals surface area contributed by atoms with E-state index in [1.807, 2.05) is 0 Å². The number of esters is 1. The lowest BCUT2D eigenvalue weighted by Gasteiger charge is -2.03. The molecule has 0 bridgehead atoms. The monoisotopic (exact) mass is 238 g/mol. The van der Waals surface area contributed by atoms with Gasteiger partial charge in [-0.25, -0.2) is 9.78 Å². The summed E-state index contributed by atoms with van der Waals surface area (Å²) in [6.45, 7) is 3.46. The zero-order valence-electron chi connectivity index (χ0n) is 8.89. The van der Waals surface area contributed by atoms with Crippen LogP contribution in [0.4, 0.5) is 0 Å². The second kappa shape index (κ2) is 5.37. The van der Waals surface area contributed by atoms with E-state index in [1.165, 1.54) is 11.3 Å². The first-order chi connectivity index (χ1) is 7.60. The molecule has 0 saturated carbocycles. The highest BCUT2D eigenvalue weighted by Gasteiger charge is 2.30. The van der Waals surface area contributed by atoms with Crippen molar-refractivity contribution in [3.8, 4) is 6.07 Å². The maximum Gasteiger partial charge on any atom is 0.376 e. The first-order valence-corrected chi connectivity index (χ1v) is 5.50. The van der Waals surface area contributed by atoms with E-state index in [1.54, 1.807) is 25.3 Å². The third-order valence-electron chi connectivity index (χ3n) is 1.75. The second-order valence-electron chi connectivity index (χ2n) is 2.97. The number of Topliss-reactive ketones (excluding diaryl/α,β-unsaturated/α-hetero) is 1. The number of ketones is 1. The van der Waals surface area contributed by atoms with Crippen molar-refractivity contribution in [3.05, 3.63) is 16.1 Å². The van der Waals surface area contributed by atoms with Crippen LogP contribution in [-0.4, -0.2) is 23.3 Å². The number of aromatic nitrogens is 1. The minimum atomic E-state index is -1.15. The summed E-state index contributed by atoms with van der Waals surface area (Å²) in [5, 5.41) is 10.9. The van der Waals surface area contributed by atoms with Gasteiger partial charge in [0, 0.05) is 11.1 Å². The highest BCUT2D eigenvalue weighted by atomic mass is 32.1. The van der Waals surface area contributed by atoms with Crippen molar-refractivity contribution in [2.45, 2.75) is 19.8 Å². The van der Waals surface area contributed by atoms with Gasteiger partial charge in [0.05, 0.1) is 12.7 Å². The summed E-state index contributed by atoms with van der Waals surface area (Å²) in [4.78, 5) is 26.7. The molecule has 0 aliphatic heterocycles. The average molecular weight is 238 g/mol. The van der Waals surface area contributed by atoms with Crippen LogP contribution in [0.1, 0.15) is 23.5 Å². The molecule has 0 amide bonds. The van der Waals surface area contributed by atoms with E-state index in [-0.39, 0.29) is 6.61 Å². The van der Waals surface area contributed by atoms with Gasteiger partial charge in [-0.1, -0.05) is 0 Å². The number of carbonyl (C=O) groups excluding carboxylic acids is 2. The number of rotatable bonds is 4. The van der Waals surface area contributed by atoms with Gasteiger partial charge in [-0.15, -0.1) is 11.3 Å². The third-order valence-corrected chi connectivity index (χ3v) is 2.78. The standard InChI is InChI=1S/C10H10N2O3S/c1-3-15-10(14)8(13)7(4-11)9-12-6(2)5-16-9/h5,7H,3H2,1-2H3/t7-/m1/s1. The van der Waals surface area contributed by atoms with Gasteiger partial charge < -0.3 is 4.74 Å². The van der Waals surface area contributed by atoms with Crippen molar-refractivity contribution in [2.24, 2.45) is 0 Å². The molecule has 1 aromatic rings. The maximum atomic E-state index is 11.5. The van der Waals surface area contributed by atoms with Crippen molar-refractivity contribution in [3.63, 3.8) is 0 Å². The van der Waals surface area contributed by atoms with E-state index in [9.17, 15) is 9.59 Å². The van der Waals surface area contributed by atoms with Crippen LogP contribution in [-0.2, 0) is 14.3 Å². The van der Waals surface area contributed by atoms with E-state index in [0.29, 0.717) is 5.01 Å². The van der Waals surface area contributed by atoms with Crippen molar-refractivity contribution >= 4 is 23.1 Å². The summed E-state index contributed by atoms with van der Waals surface area (Å²) in [6, 6.07) is 1.77. The molecule has 0 fully saturated rings. The first-order valence-electron chi connectivity index (χ1n) is 4.62. The first kappa shape index (κ1) is 12.3. The van der Waals surface area contributed by atoms with Gasteiger partial charge in [0.25, 0.3) is 5.78 Å². The number of nitrogens with zero attached hydrogens (tertiary/aromatic N) is 2. The molecule has 1 atom stereocenters. The largest absolute Gasteiger partial charge is 0.460 e. The molecule has 84 valence electrons. The molecule has 0 unspecified atom stereocenters. The molecule has 1 aromatic heterocycles. The third kappa shape index (κ3) is 2.64. The highest BCUT2D eigenvalue weighted by Crippen LogP contribution is 2.20. The summed E-state index contributed by atoms with van der Waals surface area (Å²) in [5.74, 6) is -3.00. The molecule has 6 heteroatoms. The van der Waals surface area contributed by atoms with Gasteiger partial charge in [-0.05, 0) is 13.8 Å². The lowest BCUT2D eigenvalue weighted by Crippen LogP contribution is -2.23. The number of aryl methyl sites for hydroxylation is 1. The van der Waals surface area contributed by atoms with Crippen LogP contribution < -0.4 is 0 Å². The van der Waals surface area contributed by atoms with Crippen LogP contribution >= 0.6 is 11.3 Å². The normalized spacial score (nSPS) is 11.6. The van der Waals surface area contributed by atoms with Gasteiger partial charge in [0.2, 0.25) is 0 Å². The Morgan fingerprint density at radius 1 is 1.69 bits per heavy atom. The predicted molar refractivity (Wildman–Crippen MR) is 56.8 cm³/mol. The van der Waals surface area contributed by atoms with E-state index in [0.717, 1.165) is 5.69 Å². The topological polar surface area (TPSA) is 80.0 Å². The molecule has 0 aliphatic carbocycles. The van der Waals surface area contributed by atoms with E-state index >= 15 is 0 Å². The Balaban J connectivity index is 2.88. The van der Waals surface area contributed by atoms with Crippen molar-refractivity contribution in [1.29, 1.82) is 5.26 Å². The Hall–Kier alpha value is -1.74. The summed E-state index contributed by atoms with van der Waals surface area (Å²) in [7, 11) is 0. The number of hydrogen-bond acceptors (Lipinski definition) is 6. The van der Waals surface area contributed by atoms with Crippen molar-refractivity contribution in [1.82, 2.24) is 4.98 Å². The quantitative estimate of drug-likeness (QED) is 0.581. The Kier molecular flexibility index (Phi) is 4.14. The van der Waals surface area contributed by atoms with Crippen LogP contribution in [0.5, 0.6) is 0 Å². The summed E-state index contributed by atoms with van der Waals surface area (Å²) < 4.78 is 4.55. The lowest BCUT2D eigenvalue weighted by molar-refractivity contribution is -0.153. The average Bonchev–Trinajstić information content (AvgIpc) is 2.66. The number of ether oxygens (including phenoxy) is 1. The smallest absolute Gasteiger partial charge is 0.376 e. The molecular weight excluding hydrogens is 228 g/mol. The fourth-order valence-corrected chi connectivity index (χ4v) is 1.89. The number of thiazole rings is 1. The SMILES string of the molecule is CCOC(=O)C(=O)[C@@H](C#N)c1nc(C)cs1. The molecule has 1 heterocycles. The van der Waals surface area contributed by atoms with Crippen molar-refractivity contribution in [2.75, 3.05) is 6.61 Å². The zero-order chi connectivity index (χ0) is 12.1. The summed E-state index contributed by atoms with van der Waals surface area (Å²) in [5.41, 5.74) is 0.719. The maximum absolute atomic E-state index is 11.5. The van der Waals surface area contributed by atoms with Gasteiger partial charge in [-0.2, -0.15) is 5.26 Å². The molecule has 5 nitrogen and oxygen atoms in total. The van der Waals surface area contributed by atoms with E-state index in [4.69, 9.17) is 5.26 Å². The Morgan fingerprint density at radius 3 is 2.81 bits per heavy atom. The van der Waals surface area contributed by atoms with Crippen LogP contribution in [0.25, 0.3) is 0 Å². The molecule has 16 heavy (non-hydrogen) atoms. The van der Waals surface area contributed by atoms with Gasteiger partial charge >= 0.3 is 5.97 Å². The Labute approximate surface area is 96.7 Å². The van der Waals surface area contributed by atoms with E-state index in [2.05, 4.69) is 9.72 Å². The van der Waals surface area contributed by atoms with Crippen LogP contribution in [0.15, 0.2) is 5.38 Å². The van der Waals surface area contributed by atoms with Gasteiger partial charge in [0.1, 0.15) is 5.01 Å². The highest BCUT2D eigenvalue weighted by molar-refractivity contribution is 7.10. The van der Waals surface area contributed by atoms with Gasteiger partial charge in [-0.3, -0.25) is 4.79 Å². The minimum absolute atomic E-state index is 0.111. The molecule has 0 saturated heterocycles.